The lowest BCUT2D eigenvalue weighted by molar-refractivity contribution is 0.400. The Morgan fingerprint density at radius 1 is 1.33 bits per heavy atom. The molecule has 84 valence electrons. The summed E-state index contributed by atoms with van der Waals surface area (Å²) in [5.41, 5.74) is 1.12. The van der Waals surface area contributed by atoms with Gasteiger partial charge in [-0.2, -0.15) is 0 Å². The summed E-state index contributed by atoms with van der Waals surface area (Å²) in [5, 5.41) is 4.72. The summed E-state index contributed by atoms with van der Waals surface area (Å²) >= 11 is 12.1. The van der Waals surface area contributed by atoms with Gasteiger partial charge in [0.05, 0.1) is 0 Å². The molecule has 0 radical (unpaired) electrons. The highest BCUT2D eigenvalue weighted by Crippen LogP contribution is 2.31. The SMILES string of the molecule is CCC(C)C(NC)c1ccc(Cl)cc1Cl. The van der Waals surface area contributed by atoms with Crippen LogP contribution in [0, 0.1) is 5.92 Å². The molecule has 15 heavy (non-hydrogen) atoms. The van der Waals surface area contributed by atoms with E-state index in [1.165, 1.54) is 0 Å². The van der Waals surface area contributed by atoms with Crippen molar-refractivity contribution >= 4 is 23.2 Å². The molecular weight excluding hydrogens is 229 g/mol. The minimum absolute atomic E-state index is 0.291. The number of nitrogens with one attached hydrogen (secondary N) is 1. The van der Waals surface area contributed by atoms with Crippen LogP contribution in [-0.2, 0) is 0 Å². The van der Waals surface area contributed by atoms with E-state index < -0.39 is 0 Å². The van der Waals surface area contributed by atoms with Crippen LogP contribution in [0.3, 0.4) is 0 Å². The lowest BCUT2D eigenvalue weighted by Crippen LogP contribution is -2.23. The normalized spacial score (nSPS) is 15.0. The summed E-state index contributed by atoms with van der Waals surface area (Å²) in [5.74, 6) is 0.550. The maximum Gasteiger partial charge on any atom is 0.0468 e. The Bertz CT molecular complexity index is 325. The third-order valence-corrected chi connectivity index (χ3v) is 3.38. The number of hydrogen-bond donors (Lipinski definition) is 1. The van der Waals surface area contributed by atoms with Crippen molar-refractivity contribution in [2.75, 3.05) is 7.05 Å². The van der Waals surface area contributed by atoms with Crippen molar-refractivity contribution in [3.05, 3.63) is 33.8 Å². The maximum atomic E-state index is 6.18. The van der Waals surface area contributed by atoms with Crippen LogP contribution in [0.15, 0.2) is 18.2 Å². The molecule has 0 fully saturated rings. The van der Waals surface area contributed by atoms with Gasteiger partial charge in [0.1, 0.15) is 0 Å². The molecule has 1 N–H and O–H groups in total. The summed E-state index contributed by atoms with van der Waals surface area (Å²) in [6, 6.07) is 5.97. The van der Waals surface area contributed by atoms with Crippen LogP contribution in [-0.4, -0.2) is 7.05 Å². The standard InChI is InChI=1S/C12H17Cl2N/c1-4-8(2)12(15-3)10-6-5-9(13)7-11(10)14/h5-8,12,15H,4H2,1-3H3. The molecule has 3 heteroatoms. The maximum absolute atomic E-state index is 6.18. The minimum Gasteiger partial charge on any atom is -0.313 e. The van der Waals surface area contributed by atoms with E-state index in [2.05, 4.69) is 19.2 Å². The van der Waals surface area contributed by atoms with Crippen molar-refractivity contribution in [1.82, 2.24) is 5.32 Å². The van der Waals surface area contributed by atoms with Gasteiger partial charge < -0.3 is 5.32 Å². The predicted molar refractivity (Wildman–Crippen MR) is 67.7 cm³/mol. The summed E-state index contributed by atoms with van der Waals surface area (Å²) in [7, 11) is 1.96. The Morgan fingerprint density at radius 3 is 2.47 bits per heavy atom. The van der Waals surface area contributed by atoms with Gasteiger partial charge in [-0.15, -0.1) is 0 Å². The van der Waals surface area contributed by atoms with E-state index in [1.54, 1.807) is 6.07 Å². The molecule has 2 atom stereocenters. The molecule has 1 aromatic carbocycles. The summed E-state index contributed by atoms with van der Waals surface area (Å²) in [6.45, 7) is 4.39. The molecule has 0 spiro atoms. The van der Waals surface area contributed by atoms with Crippen molar-refractivity contribution in [1.29, 1.82) is 0 Å². The fourth-order valence-corrected chi connectivity index (χ4v) is 2.26. The minimum atomic E-state index is 0.291. The van der Waals surface area contributed by atoms with Gasteiger partial charge in [-0.25, -0.2) is 0 Å². The van der Waals surface area contributed by atoms with E-state index >= 15 is 0 Å². The Kier molecular flexibility index (Phi) is 4.91. The molecule has 0 aliphatic rings. The van der Waals surface area contributed by atoms with E-state index in [1.807, 2.05) is 19.2 Å². The molecule has 0 heterocycles. The molecule has 0 aliphatic heterocycles. The zero-order chi connectivity index (χ0) is 11.4. The molecule has 1 rings (SSSR count). The second kappa shape index (κ2) is 5.74. The largest absolute Gasteiger partial charge is 0.313 e. The van der Waals surface area contributed by atoms with E-state index in [0.717, 1.165) is 17.0 Å². The van der Waals surface area contributed by atoms with Gasteiger partial charge in [0.2, 0.25) is 0 Å². The van der Waals surface area contributed by atoms with Gasteiger partial charge in [0.15, 0.2) is 0 Å². The van der Waals surface area contributed by atoms with E-state index in [9.17, 15) is 0 Å². The number of benzene rings is 1. The lowest BCUT2D eigenvalue weighted by Gasteiger charge is -2.24. The third kappa shape index (κ3) is 3.10. The molecule has 0 bridgehead atoms. The van der Waals surface area contributed by atoms with Gasteiger partial charge in [-0.05, 0) is 30.7 Å². The van der Waals surface area contributed by atoms with Gasteiger partial charge in [0.25, 0.3) is 0 Å². The van der Waals surface area contributed by atoms with E-state index in [0.29, 0.717) is 17.0 Å². The van der Waals surface area contributed by atoms with E-state index in [-0.39, 0.29) is 0 Å². The highest BCUT2D eigenvalue weighted by Gasteiger charge is 2.18. The van der Waals surface area contributed by atoms with Crippen LogP contribution >= 0.6 is 23.2 Å². The zero-order valence-electron chi connectivity index (χ0n) is 9.35. The topological polar surface area (TPSA) is 12.0 Å². The molecule has 0 saturated heterocycles. The first kappa shape index (κ1) is 12.8. The van der Waals surface area contributed by atoms with Gasteiger partial charge in [-0.1, -0.05) is 49.5 Å². The molecule has 0 aromatic heterocycles. The summed E-state index contributed by atoms with van der Waals surface area (Å²) in [6.07, 6.45) is 1.12. The first-order valence-electron chi connectivity index (χ1n) is 5.22. The molecule has 0 amide bonds. The Morgan fingerprint density at radius 2 is 2.00 bits per heavy atom. The molecule has 1 aromatic rings. The van der Waals surface area contributed by atoms with Crippen LogP contribution in [0.2, 0.25) is 10.0 Å². The first-order valence-corrected chi connectivity index (χ1v) is 5.98. The van der Waals surface area contributed by atoms with Crippen molar-refractivity contribution < 1.29 is 0 Å². The molecule has 2 unspecified atom stereocenters. The van der Waals surface area contributed by atoms with Crippen molar-refractivity contribution in [3.63, 3.8) is 0 Å². The van der Waals surface area contributed by atoms with Crippen LogP contribution in [0.25, 0.3) is 0 Å². The zero-order valence-corrected chi connectivity index (χ0v) is 10.9. The average molecular weight is 246 g/mol. The predicted octanol–water partition coefficient (Wildman–Crippen LogP) is 4.30. The third-order valence-electron chi connectivity index (χ3n) is 2.82. The van der Waals surface area contributed by atoms with Gasteiger partial charge in [0, 0.05) is 16.1 Å². The number of halogens is 2. The lowest BCUT2D eigenvalue weighted by atomic mass is 9.92. The Balaban J connectivity index is 3.01. The second-order valence-electron chi connectivity index (χ2n) is 3.82. The first-order chi connectivity index (χ1) is 7.10. The molecule has 1 nitrogen and oxygen atoms in total. The highest BCUT2D eigenvalue weighted by atomic mass is 35.5. The van der Waals surface area contributed by atoms with Gasteiger partial charge in [-0.3, -0.25) is 0 Å². The molecular formula is C12H17Cl2N. The van der Waals surface area contributed by atoms with Crippen molar-refractivity contribution in [3.8, 4) is 0 Å². The summed E-state index contributed by atoms with van der Waals surface area (Å²) < 4.78 is 0. The van der Waals surface area contributed by atoms with Crippen molar-refractivity contribution in [2.24, 2.45) is 5.92 Å². The van der Waals surface area contributed by atoms with Crippen molar-refractivity contribution in [2.45, 2.75) is 26.3 Å². The fourth-order valence-electron chi connectivity index (χ4n) is 1.74. The monoisotopic (exact) mass is 245 g/mol. The number of hydrogen-bond acceptors (Lipinski definition) is 1. The fraction of sp³-hybridized carbons (Fsp3) is 0.500. The number of rotatable bonds is 4. The van der Waals surface area contributed by atoms with Crippen LogP contribution in [0.5, 0.6) is 0 Å². The summed E-state index contributed by atoms with van der Waals surface area (Å²) in [4.78, 5) is 0. The Labute approximate surface area is 102 Å². The van der Waals surface area contributed by atoms with E-state index in [4.69, 9.17) is 23.2 Å². The quantitative estimate of drug-likeness (QED) is 0.835. The van der Waals surface area contributed by atoms with Crippen LogP contribution in [0.4, 0.5) is 0 Å². The van der Waals surface area contributed by atoms with Gasteiger partial charge >= 0.3 is 0 Å². The molecule has 0 aliphatic carbocycles. The van der Waals surface area contributed by atoms with Crippen LogP contribution < -0.4 is 5.32 Å². The second-order valence-corrected chi connectivity index (χ2v) is 4.66. The average Bonchev–Trinajstić information content (AvgIpc) is 2.21. The highest BCUT2D eigenvalue weighted by molar-refractivity contribution is 6.35. The van der Waals surface area contributed by atoms with Crippen LogP contribution in [0.1, 0.15) is 31.9 Å². The molecule has 0 saturated carbocycles. The Hall–Kier alpha value is -0.240. The smallest absolute Gasteiger partial charge is 0.0468 e.